The fourth-order valence-electron chi connectivity index (χ4n) is 2.33. The molecule has 4 heteroatoms. The van der Waals surface area contributed by atoms with Crippen molar-refractivity contribution in [3.05, 3.63) is 48.0 Å². The van der Waals surface area contributed by atoms with Crippen molar-refractivity contribution in [3.63, 3.8) is 0 Å². The van der Waals surface area contributed by atoms with Crippen molar-refractivity contribution in [2.75, 3.05) is 6.54 Å². The molecule has 0 fully saturated rings. The molecule has 4 nitrogen and oxygen atoms in total. The van der Waals surface area contributed by atoms with E-state index >= 15 is 0 Å². The highest BCUT2D eigenvalue weighted by Crippen LogP contribution is 2.25. The van der Waals surface area contributed by atoms with Crippen molar-refractivity contribution in [2.45, 2.75) is 39.3 Å². The molecule has 2 unspecified atom stereocenters. The Kier molecular flexibility index (Phi) is 4.68. The van der Waals surface area contributed by atoms with Crippen molar-refractivity contribution in [1.29, 1.82) is 0 Å². The summed E-state index contributed by atoms with van der Waals surface area (Å²) in [5.41, 5.74) is 2.66. The SMILES string of the molecule is CCNC(c1ccc(CC)cc1)C(C)n1cncn1. The van der Waals surface area contributed by atoms with Crippen LogP contribution in [-0.2, 0) is 6.42 Å². The third kappa shape index (κ3) is 3.20. The Morgan fingerprint density at radius 3 is 2.47 bits per heavy atom. The molecule has 0 radical (unpaired) electrons. The molecule has 2 rings (SSSR count). The van der Waals surface area contributed by atoms with Crippen LogP contribution < -0.4 is 5.32 Å². The highest BCUT2D eigenvalue weighted by atomic mass is 15.3. The maximum atomic E-state index is 4.24. The Bertz CT molecular complexity index is 475. The first-order valence-corrected chi connectivity index (χ1v) is 6.92. The molecule has 0 saturated carbocycles. The maximum absolute atomic E-state index is 4.24. The van der Waals surface area contributed by atoms with Crippen molar-refractivity contribution >= 4 is 0 Å². The molecule has 2 atom stereocenters. The first kappa shape index (κ1) is 13.7. The van der Waals surface area contributed by atoms with E-state index in [1.165, 1.54) is 11.1 Å². The van der Waals surface area contributed by atoms with E-state index in [1.807, 2.05) is 4.68 Å². The Morgan fingerprint density at radius 1 is 1.21 bits per heavy atom. The predicted molar refractivity (Wildman–Crippen MR) is 77.0 cm³/mol. The summed E-state index contributed by atoms with van der Waals surface area (Å²) in [6, 6.07) is 9.30. The lowest BCUT2D eigenvalue weighted by atomic mass is 9.98. The number of aryl methyl sites for hydroxylation is 1. The number of hydrogen-bond donors (Lipinski definition) is 1. The number of aromatic nitrogens is 3. The molecule has 0 aliphatic heterocycles. The van der Waals surface area contributed by atoms with E-state index < -0.39 is 0 Å². The normalized spacial score (nSPS) is 14.3. The highest BCUT2D eigenvalue weighted by Gasteiger charge is 2.20. The molecule has 102 valence electrons. The summed E-state index contributed by atoms with van der Waals surface area (Å²) in [7, 11) is 0. The summed E-state index contributed by atoms with van der Waals surface area (Å²) >= 11 is 0. The molecule has 1 heterocycles. The average molecular weight is 258 g/mol. The third-order valence-electron chi connectivity index (χ3n) is 3.51. The molecule has 0 saturated heterocycles. The molecule has 1 aromatic carbocycles. The van der Waals surface area contributed by atoms with E-state index in [0.717, 1.165) is 13.0 Å². The van der Waals surface area contributed by atoms with Crippen LogP contribution in [0, 0.1) is 0 Å². The van der Waals surface area contributed by atoms with Crippen molar-refractivity contribution in [1.82, 2.24) is 20.1 Å². The van der Waals surface area contributed by atoms with Crippen LogP contribution >= 0.6 is 0 Å². The summed E-state index contributed by atoms with van der Waals surface area (Å²) in [5, 5.41) is 7.78. The van der Waals surface area contributed by atoms with Gasteiger partial charge in [0.05, 0.1) is 12.1 Å². The van der Waals surface area contributed by atoms with Gasteiger partial charge >= 0.3 is 0 Å². The summed E-state index contributed by atoms with van der Waals surface area (Å²) in [6.45, 7) is 7.39. The minimum Gasteiger partial charge on any atom is -0.308 e. The van der Waals surface area contributed by atoms with Crippen molar-refractivity contribution in [2.24, 2.45) is 0 Å². The number of nitrogens with one attached hydrogen (secondary N) is 1. The quantitative estimate of drug-likeness (QED) is 0.866. The average Bonchev–Trinajstić information content (AvgIpc) is 2.98. The van der Waals surface area contributed by atoms with Gasteiger partial charge in [0.25, 0.3) is 0 Å². The first-order valence-electron chi connectivity index (χ1n) is 6.92. The summed E-state index contributed by atoms with van der Waals surface area (Å²) in [4.78, 5) is 4.03. The van der Waals surface area contributed by atoms with Crippen LogP contribution in [0.3, 0.4) is 0 Å². The fourth-order valence-corrected chi connectivity index (χ4v) is 2.33. The van der Waals surface area contributed by atoms with Crippen LogP contribution in [0.25, 0.3) is 0 Å². The van der Waals surface area contributed by atoms with E-state index in [2.05, 4.69) is 60.4 Å². The Morgan fingerprint density at radius 2 is 1.95 bits per heavy atom. The standard InChI is InChI=1S/C15H22N4/c1-4-13-6-8-14(9-7-13)15(17-5-2)12(3)19-11-16-10-18-19/h6-12,15,17H,4-5H2,1-3H3. The van der Waals surface area contributed by atoms with Crippen LogP contribution in [0.4, 0.5) is 0 Å². The van der Waals surface area contributed by atoms with Gasteiger partial charge in [0.15, 0.2) is 0 Å². The van der Waals surface area contributed by atoms with Gasteiger partial charge < -0.3 is 5.32 Å². The van der Waals surface area contributed by atoms with E-state index in [1.54, 1.807) is 12.7 Å². The molecule has 1 N–H and O–H groups in total. The van der Waals surface area contributed by atoms with Gasteiger partial charge in [-0.25, -0.2) is 9.67 Å². The molecule has 0 aliphatic carbocycles. The number of hydrogen-bond acceptors (Lipinski definition) is 3. The Hall–Kier alpha value is -1.68. The highest BCUT2D eigenvalue weighted by molar-refractivity contribution is 5.25. The van der Waals surface area contributed by atoms with Crippen molar-refractivity contribution < 1.29 is 0 Å². The van der Waals surface area contributed by atoms with Gasteiger partial charge in [-0.15, -0.1) is 0 Å². The van der Waals surface area contributed by atoms with Crippen molar-refractivity contribution in [3.8, 4) is 0 Å². The van der Waals surface area contributed by atoms with Crippen LogP contribution in [0.15, 0.2) is 36.9 Å². The van der Waals surface area contributed by atoms with Gasteiger partial charge in [0.2, 0.25) is 0 Å². The van der Waals surface area contributed by atoms with Gasteiger partial charge in [0.1, 0.15) is 12.7 Å². The van der Waals surface area contributed by atoms with Crippen LogP contribution in [-0.4, -0.2) is 21.3 Å². The minimum absolute atomic E-state index is 0.231. The second-order valence-electron chi connectivity index (χ2n) is 4.75. The van der Waals surface area contributed by atoms with Crippen LogP contribution in [0.2, 0.25) is 0 Å². The van der Waals surface area contributed by atoms with Gasteiger partial charge in [-0.05, 0) is 31.0 Å². The minimum atomic E-state index is 0.231. The van der Waals surface area contributed by atoms with E-state index in [-0.39, 0.29) is 12.1 Å². The monoisotopic (exact) mass is 258 g/mol. The Labute approximate surface area is 114 Å². The zero-order valence-corrected chi connectivity index (χ0v) is 11.9. The molecule has 0 amide bonds. The van der Waals surface area contributed by atoms with Crippen LogP contribution in [0.5, 0.6) is 0 Å². The van der Waals surface area contributed by atoms with E-state index in [4.69, 9.17) is 0 Å². The third-order valence-corrected chi connectivity index (χ3v) is 3.51. The van der Waals surface area contributed by atoms with Gasteiger partial charge in [0, 0.05) is 0 Å². The van der Waals surface area contributed by atoms with Crippen LogP contribution in [0.1, 0.15) is 44.0 Å². The smallest absolute Gasteiger partial charge is 0.137 e. The lowest BCUT2D eigenvalue weighted by Crippen LogP contribution is -2.29. The molecule has 1 aromatic heterocycles. The Balaban J connectivity index is 2.23. The van der Waals surface area contributed by atoms with Gasteiger partial charge in [-0.1, -0.05) is 38.1 Å². The number of rotatable bonds is 6. The number of benzene rings is 1. The molecule has 2 aromatic rings. The fraction of sp³-hybridized carbons (Fsp3) is 0.467. The number of likely N-dealkylation sites (N-methyl/N-ethyl adjacent to an activating group) is 1. The molecular formula is C15H22N4. The zero-order chi connectivity index (χ0) is 13.7. The lowest BCUT2D eigenvalue weighted by molar-refractivity contribution is 0.358. The maximum Gasteiger partial charge on any atom is 0.137 e. The topological polar surface area (TPSA) is 42.7 Å². The molecule has 19 heavy (non-hydrogen) atoms. The molecule has 0 bridgehead atoms. The number of nitrogens with zero attached hydrogens (tertiary/aromatic N) is 3. The largest absolute Gasteiger partial charge is 0.308 e. The zero-order valence-electron chi connectivity index (χ0n) is 11.9. The molecular weight excluding hydrogens is 236 g/mol. The summed E-state index contributed by atoms with van der Waals surface area (Å²) < 4.78 is 1.90. The van der Waals surface area contributed by atoms with Gasteiger partial charge in [-0.2, -0.15) is 5.10 Å². The molecule has 0 aliphatic rings. The first-order chi connectivity index (χ1) is 9.26. The predicted octanol–water partition coefficient (Wildman–Crippen LogP) is 2.75. The molecule has 0 spiro atoms. The second-order valence-corrected chi connectivity index (χ2v) is 4.75. The summed E-state index contributed by atoms with van der Waals surface area (Å²) in [6.07, 6.45) is 4.43. The van der Waals surface area contributed by atoms with E-state index in [9.17, 15) is 0 Å². The summed E-state index contributed by atoms with van der Waals surface area (Å²) in [5.74, 6) is 0. The lowest BCUT2D eigenvalue weighted by Gasteiger charge is -2.25. The van der Waals surface area contributed by atoms with Gasteiger partial charge in [-0.3, -0.25) is 0 Å². The second kappa shape index (κ2) is 6.48. The van der Waals surface area contributed by atoms with E-state index in [0.29, 0.717) is 0 Å².